The molecule has 2 fully saturated rings. The summed E-state index contributed by atoms with van der Waals surface area (Å²) in [5.41, 5.74) is 5.99. The molecule has 0 spiro atoms. The number of aldehydes is 1. The zero-order valence-electron chi connectivity index (χ0n) is 40.2. The molecule has 19 heteroatoms. The Morgan fingerprint density at radius 2 is 1.20 bits per heavy atom. The van der Waals surface area contributed by atoms with E-state index in [0.29, 0.717) is 37.5 Å². The average molecular weight is 939 g/mol. The van der Waals surface area contributed by atoms with Crippen LogP contribution in [-0.2, 0) is 14.3 Å². The van der Waals surface area contributed by atoms with Gasteiger partial charge in [-0.2, -0.15) is 10.2 Å². The van der Waals surface area contributed by atoms with Crippen LogP contribution in [0.3, 0.4) is 0 Å². The second-order valence-corrected chi connectivity index (χ2v) is 19.0. The minimum atomic E-state index is -0.631. The fraction of sp³-hybridized carbons (Fsp3) is 0.400. The van der Waals surface area contributed by atoms with Crippen LogP contribution in [0.2, 0.25) is 0 Å². The molecule has 9 heterocycles. The maximum atomic E-state index is 12.5. The number of amides is 2. The van der Waals surface area contributed by atoms with Gasteiger partial charge in [0.25, 0.3) is 5.78 Å². The molecular formula is C50H58N12O7. The highest BCUT2D eigenvalue weighted by molar-refractivity contribution is 6.48. The zero-order valence-corrected chi connectivity index (χ0v) is 40.2. The summed E-state index contributed by atoms with van der Waals surface area (Å²) in [4.78, 5) is 88.0. The summed E-state index contributed by atoms with van der Waals surface area (Å²) in [6, 6.07) is 18.1. The summed E-state index contributed by atoms with van der Waals surface area (Å²) >= 11 is 0. The number of aryl methyl sites for hydroxylation is 2. The molecule has 9 rings (SSSR count). The third kappa shape index (κ3) is 12.8. The largest absolute Gasteiger partial charge is 0.444 e. The Balaban J connectivity index is 0.000000170. The molecule has 0 aromatic carbocycles. The molecule has 7 aromatic heterocycles. The van der Waals surface area contributed by atoms with Gasteiger partial charge in [-0.05, 0) is 130 Å². The number of hydrogen-bond donors (Lipinski definition) is 1. The van der Waals surface area contributed by atoms with Crippen molar-refractivity contribution in [1.29, 1.82) is 0 Å². The van der Waals surface area contributed by atoms with Crippen molar-refractivity contribution in [3.63, 3.8) is 0 Å². The van der Waals surface area contributed by atoms with E-state index >= 15 is 0 Å². The van der Waals surface area contributed by atoms with E-state index in [9.17, 15) is 24.0 Å². The molecule has 2 amide bonds. The number of H-pyrrole nitrogens is 1. The lowest BCUT2D eigenvalue weighted by molar-refractivity contribution is -0.112. The van der Waals surface area contributed by atoms with E-state index in [1.54, 1.807) is 45.5 Å². The van der Waals surface area contributed by atoms with Crippen LogP contribution in [0.1, 0.15) is 111 Å². The van der Waals surface area contributed by atoms with Crippen LogP contribution in [0.5, 0.6) is 0 Å². The molecule has 0 atom stereocenters. The molecule has 69 heavy (non-hydrogen) atoms. The maximum Gasteiger partial charge on any atom is 0.410 e. The van der Waals surface area contributed by atoms with Gasteiger partial charge in [-0.25, -0.2) is 38.6 Å². The van der Waals surface area contributed by atoms with Crippen molar-refractivity contribution >= 4 is 41.3 Å². The molecule has 0 bridgehead atoms. The first-order chi connectivity index (χ1) is 32.8. The van der Waals surface area contributed by atoms with Crippen molar-refractivity contribution in [2.75, 3.05) is 26.2 Å². The third-order valence-corrected chi connectivity index (χ3v) is 11.2. The number of hydrogen-bond acceptors (Lipinski definition) is 14. The Hall–Kier alpha value is -7.70. The SMILES string of the molecule is CC(C)(C)OC(=O)N1CCC(C=O)CC1.Cc1cccc(-c2[nH]c(C3CCN(C(=O)OC(C)(C)C)CC3)nc2-c2ccc3ncnn3c2)n1.Cc1cccc(C(=O)C(=O)c2ccc3ncnn3c2)n1. The van der Waals surface area contributed by atoms with E-state index < -0.39 is 22.8 Å². The van der Waals surface area contributed by atoms with Crippen LogP contribution >= 0.6 is 0 Å². The summed E-state index contributed by atoms with van der Waals surface area (Å²) in [6.45, 7) is 17.5. The van der Waals surface area contributed by atoms with Gasteiger partial charge in [0.05, 0.1) is 17.1 Å². The number of likely N-dealkylation sites (tertiary alicyclic amines) is 2. The Morgan fingerprint density at radius 3 is 1.77 bits per heavy atom. The summed E-state index contributed by atoms with van der Waals surface area (Å²) < 4.78 is 14.0. The van der Waals surface area contributed by atoms with E-state index in [0.717, 1.165) is 71.8 Å². The minimum Gasteiger partial charge on any atom is -0.444 e. The van der Waals surface area contributed by atoms with Gasteiger partial charge in [-0.15, -0.1) is 0 Å². The fourth-order valence-electron chi connectivity index (χ4n) is 7.69. The lowest BCUT2D eigenvalue weighted by Gasteiger charge is -2.32. The lowest BCUT2D eigenvalue weighted by atomic mass is 9.96. The summed E-state index contributed by atoms with van der Waals surface area (Å²) in [7, 11) is 0. The van der Waals surface area contributed by atoms with Crippen molar-refractivity contribution in [3.05, 3.63) is 114 Å². The van der Waals surface area contributed by atoms with Crippen molar-refractivity contribution in [1.82, 2.24) is 58.9 Å². The molecule has 2 aliphatic heterocycles. The number of nitrogens with zero attached hydrogens (tertiary/aromatic N) is 11. The smallest absolute Gasteiger partial charge is 0.410 e. The van der Waals surface area contributed by atoms with Crippen LogP contribution in [-0.4, -0.2) is 126 Å². The van der Waals surface area contributed by atoms with Gasteiger partial charge < -0.3 is 29.1 Å². The van der Waals surface area contributed by atoms with Gasteiger partial charge in [0, 0.05) is 72.9 Å². The molecule has 0 saturated carbocycles. The number of Topliss-reactive ketones (excluding diaryl/α,β-unsaturated/α-hetero) is 2. The van der Waals surface area contributed by atoms with Gasteiger partial charge in [-0.3, -0.25) is 14.6 Å². The van der Waals surface area contributed by atoms with Gasteiger partial charge in [-0.1, -0.05) is 12.1 Å². The molecule has 0 radical (unpaired) electrons. The number of nitrogens with one attached hydrogen (secondary N) is 1. The van der Waals surface area contributed by atoms with Crippen LogP contribution in [0.4, 0.5) is 9.59 Å². The molecule has 0 unspecified atom stereocenters. The monoisotopic (exact) mass is 938 g/mol. The molecule has 360 valence electrons. The summed E-state index contributed by atoms with van der Waals surface area (Å²) in [5.74, 6) is -0.000666. The predicted octanol–water partition coefficient (Wildman–Crippen LogP) is 7.94. The number of aromatic amines is 1. The van der Waals surface area contributed by atoms with E-state index in [4.69, 9.17) is 19.4 Å². The first kappa shape index (κ1) is 49.2. The Kier molecular flexibility index (Phi) is 15.0. The summed E-state index contributed by atoms with van der Waals surface area (Å²) in [6.07, 6.45) is 9.93. The van der Waals surface area contributed by atoms with E-state index in [1.165, 1.54) is 29.4 Å². The van der Waals surface area contributed by atoms with Crippen molar-refractivity contribution in [2.24, 2.45) is 5.92 Å². The van der Waals surface area contributed by atoms with E-state index in [2.05, 4.69) is 30.1 Å². The number of carbonyl (C=O) groups is 5. The van der Waals surface area contributed by atoms with Crippen LogP contribution in [0.25, 0.3) is 33.9 Å². The number of aromatic nitrogens is 10. The number of carbonyl (C=O) groups excluding carboxylic acids is 5. The second kappa shape index (κ2) is 21.1. The van der Waals surface area contributed by atoms with Gasteiger partial charge in [0.1, 0.15) is 41.7 Å². The van der Waals surface area contributed by atoms with Crippen LogP contribution in [0, 0.1) is 19.8 Å². The second-order valence-electron chi connectivity index (χ2n) is 19.0. The topological polar surface area (TPSA) is 225 Å². The molecule has 1 N–H and O–H groups in total. The molecular weight excluding hydrogens is 881 g/mol. The van der Waals surface area contributed by atoms with Crippen LogP contribution < -0.4 is 0 Å². The molecule has 19 nitrogen and oxygen atoms in total. The first-order valence-electron chi connectivity index (χ1n) is 22.9. The average Bonchev–Trinajstić information content (AvgIpc) is 4.11. The number of piperidine rings is 2. The Bertz CT molecular complexity index is 2950. The number of fused-ring (bicyclic) bond motifs is 2. The molecule has 2 saturated heterocycles. The standard InChI is InChI=1S/C25H29N7O2.C14H10N4O2.C11H19NO3/c1-16-6-5-7-19(28-16)22-21(18-8-9-20-26-15-27-32(20)14-18)29-23(30-22)17-10-12-31(13-11-17)24(33)34-25(2,3)4;1-9-3-2-4-11(17-9)14(20)13(19)10-5-6-12-15-8-16-18(12)7-10;1-11(2,3)15-10(14)12-6-4-9(8-13)5-7-12/h5-9,14-15,17H,10-13H2,1-4H3,(H,29,30);2-8H,1H3;8-9H,4-7H2,1-3H3. The highest BCUT2D eigenvalue weighted by Gasteiger charge is 2.31. The van der Waals surface area contributed by atoms with Gasteiger partial charge in [0.15, 0.2) is 11.3 Å². The zero-order chi connectivity index (χ0) is 49.5. The highest BCUT2D eigenvalue weighted by atomic mass is 16.6. The first-order valence-corrected chi connectivity index (χ1v) is 22.9. The molecule has 2 aliphatic rings. The van der Waals surface area contributed by atoms with Crippen molar-refractivity contribution in [2.45, 2.75) is 98.2 Å². The minimum absolute atomic E-state index is 0.115. The summed E-state index contributed by atoms with van der Waals surface area (Å²) in [5, 5.41) is 8.21. The van der Waals surface area contributed by atoms with Crippen LogP contribution in [0.15, 0.2) is 85.7 Å². The maximum absolute atomic E-state index is 12.5. The number of rotatable bonds is 7. The Morgan fingerprint density at radius 1 is 0.652 bits per heavy atom. The molecule has 0 aliphatic carbocycles. The number of imidazole rings is 1. The number of pyridine rings is 4. The van der Waals surface area contributed by atoms with E-state index in [-0.39, 0.29) is 35.3 Å². The predicted molar refractivity (Wildman–Crippen MR) is 256 cm³/mol. The normalized spacial score (nSPS) is 14.6. The molecule has 7 aromatic rings. The van der Waals surface area contributed by atoms with Gasteiger partial charge >= 0.3 is 12.2 Å². The lowest BCUT2D eigenvalue weighted by Crippen LogP contribution is -2.41. The third-order valence-electron chi connectivity index (χ3n) is 11.2. The van der Waals surface area contributed by atoms with Gasteiger partial charge in [0.2, 0.25) is 5.78 Å². The van der Waals surface area contributed by atoms with E-state index in [1.807, 2.05) is 85.0 Å². The Labute approximate surface area is 399 Å². The van der Waals surface area contributed by atoms with Crippen molar-refractivity contribution in [3.8, 4) is 22.6 Å². The number of ether oxygens (including phenoxy) is 2. The highest BCUT2D eigenvalue weighted by Crippen LogP contribution is 2.35. The number of ketones is 2. The van der Waals surface area contributed by atoms with Crippen molar-refractivity contribution < 1.29 is 33.4 Å². The fourth-order valence-corrected chi connectivity index (χ4v) is 7.69. The quantitative estimate of drug-likeness (QED) is 0.0910.